The first kappa shape index (κ1) is 38.2. The van der Waals surface area contributed by atoms with Crippen molar-refractivity contribution in [2.75, 3.05) is 71.6 Å². The van der Waals surface area contributed by atoms with Gasteiger partial charge >= 0.3 is 0 Å². The van der Waals surface area contributed by atoms with Crippen molar-refractivity contribution in [1.82, 2.24) is 26.2 Å². The number of imide groups is 1. The largest absolute Gasteiger partial charge is 0.394 e. The van der Waals surface area contributed by atoms with E-state index in [0.29, 0.717) is 25.8 Å². The first-order valence-electron chi connectivity index (χ1n) is 14.3. The number of carbonyl (C=O) groups excluding carboxylic acids is 6. The fraction of sp³-hybridized carbons (Fsp3) is 0.769. The van der Waals surface area contributed by atoms with Crippen molar-refractivity contribution in [2.24, 2.45) is 5.73 Å². The molecule has 1 aliphatic heterocycles. The number of aliphatic hydroxyl groups excluding tert-OH is 2. The van der Waals surface area contributed by atoms with E-state index in [0.717, 1.165) is 16.7 Å². The molecule has 0 aromatic carbocycles. The number of hydrogen-bond acceptors (Lipinski definition) is 12. The molecule has 1 heterocycles. The molecular weight excluding hydrogens is 588 g/mol. The summed E-state index contributed by atoms with van der Waals surface area (Å²) in [6.45, 7) is 2.24. The van der Waals surface area contributed by atoms with Crippen LogP contribution in [-0.4, -0.2) is 139 Å². The maximum absolute atomic E-state index is 12.9. The summed E-state index contributed by atoms with van der Waals surface area (Å²) in [4.78, 5) is 75.9. The summed E-state index contributed by atoms with van der Waals surface area (Å²) in [7, 11) is 0. The van der Waals surface area contributed by atoms with Crippen molar-refractivity contribution in [3.8, 4) is 0 Å². The van der Waals surface area contributed by atoms with E-state index in [-0.39, 0.29) is 77.9 Å². The van der Waals surface area contributed by atoms with Crippen LogP contribution in [0.1, 0.15) is 39.0 Å². The van der Waals surface area contributed by atoms with Gasteiger partial charge in [-0.05, 0) is 25.8 Å². The highest BCUT2D eigenvalue weighted by molar-refractivity contribution is 8.00. The average molecular weight is 635 g/mol. The summed E-state index contributed by atoms with van der Waals surface area (Å²) >= 11 is 1.06. The lowest BCUT2D eigenvalue weighted by Crippen LogP contribution is -2.48. The average Bonchev–Trinajstić information content (AvgIpc) is 3.24. The minimum absolute atomic E-state index is 0.0333. The molecule has 1 saturated heterocycles. The molecule has 0 radical (unpaired) electrons. The van der Waals surface area contributed by atoms with Crippen molar-refractivity contribution >= 4 is 47.2 Å². The summed E-state index contributed by atoms with van der Waals surface area (Å²) in [5, 5.41) is 27.2. The smallest absolute Gasteiger partial charge is 0.243 e. The third kappa shape index (κ3) is 16.0. The minimum atomic E-state index is -0.952. The van der Waals surface area contributed by atoms with Gasteiger partial charge in [0, 0.05) is 45.2 Å². The SMILES string of the molecule is CC(=O)NC(CSC1CC(=O)N(CCC(=O)NC(CCCCN)C(=O)NCCOCCO)C1=O)C(=O)NCCOCCO. The summed E-state index contributed by atoms with van der Waals surface area (Å²) in [5.74, 6) is -2.76. The molecule has 8 N–H and O–H groups in total. The number of carbonyl (C=O) groups is 6. The number of unbranched alkanes of at least 4 members (excludes halogenated alkanes) is 1. The van der Waals surface area contributed by atoms with Gasteiger partial charge < -0.3 is 46.7 Å². The number of thioether (sulfide) groups is 1. The van der Waals surface area contributed by atoms with Crippen LogP contribution in [0.3, 0.4) is 0 Å². The first-order chi connectivity index (χ1) is 20.6. The molecule has 3 atom stereocenters. The second-order valence-corrected chi connectivity index (χ2v) is 10.8. The number of ether oxygens (including phenoxy) is 2. The number of nitrogens with two attached hydrogens (primary N) is 1. The Bertz CT molecular complexity index is 912. The third-order valence-corrected chi connectivity index (χ3v) is 7.38. The Morgan fingerprint density at radius 2 is 1.56 bits per heavy atom. The fourth-order valence-corrected chi connectivity index (χ4v) is 5.16. The molecule has 16 nitrogen and oxygen atoms in total. The fourth-order valence-electron chi connectivity index (χ4n) is 3.97. The van der Waals surface area contributed by atoms with Crippen molar-refractivity contribution < 1.29 is 48.5 Å². The quantitative estimate of drug-likeness (QED) is 0.0406. The van der Waals surface area contributed by atoms with Gasteiger partial charge in [0.2, 0.25) is 35.4 Å². The van der Waals surface area contributed by atoms with Gasteiger partial charge in [0.25, 0.3) is 0 Å². The Labute approximate surface area is 255 Å². The van der Waals surface area contributed by atoms with Crippen molar-refractivity contribution in [3.05, 3.63) is 0 Å². The molecule has 246 valence electrons. The standard InChI is InChI=1S/C26H46N6O10S/c1-18(35)30-20(25(39)29-8-13-42-15-11-34)17-43-21-16-23(37)32(26(21)40)9-5-22(36)31-19(4-2-3-6-27)24(38)28-7-12-41-14-10-33/h19-21,33-34H,2-17,27H2,1H3,(H,28,38)(H,29,39)(H,30,35)(H,31,36). The molecule has 0 saturated carbocycles. The van der Waals surface area contributed by atoms with E-state index in [1.165, 1.54) is 6.92 Å². The number of likely N-dealkylation sites (tertiary alicyclic amines) is 1. The van der Waals surface area contributed by atoms with E-state index >= 15 is 0 Å². The number of aliphatic hydroxyl groups is 2. The Morgan fingerprint density at radius 3 is 2.12 bits per heavy atom. The zero-order chi connectivity index (χ0) is 32.0. The normalized spacial score (nSPS) is 16.1. The number of nitrogens with zero attached hydrogens (tertiary/aromatic N) is 1. The highest BCUT2D eigenvalue weighted by Gasteiger charge is 2.39. The molecule has 0 aromatic heterocycles. The Kier molecular flexibility index (Phi) is 20.1. The van der Waals surface area contributed by atoms with Gasteiger partial charge in [-0.1, -0.05) is 0 Å². The van der Waals surface area contributed by atoms with E-state index in [1.54, 1.807) is 0 Å². The molecule has 6 amide bonds. The van der Waals surface area contributed by atoms with Gasteiger partial charge in [-0.15, -0.1) is 11.8 Å². The molecule has 1 fully saturated rings. The van der Waals surface area contributed by atoms with Crippen LogP contribution in [0.4, 0.5) is 0 Å². The molecule has 17 heteroatoms. The van der Waals surface area contributed by atoms with Gasteiger partial charge in [-0.2, -0.15) is 0 Å². The van der Waals surface area contributed by atoms with Crippen LogP contribution in [0.2, 0.25) is 0 Å². The molecule has 0 spiro atoms. The lowest BCUT2D eigenvalue weighted by molar-refractivity contribution is -0.139. The van der Waals surface area contributed by atoms with E-state index < -0.39 is 52.8 Å². The Hall–Kier alpha value is -2.83. The van der Waals surface area contributed by atoms with Gasteiger partial charge in [-0.3, -0.25) is 33.7 Å². The van der Waals surface area contributed by atoms with E-state index in [4.69, 9.17) is 25.4 Å². The first-order valence-corrected chi connectivity index (χ1v) is 15.3. The molecule has 0 aromatic rings. The lowest BCUT2D eigenvalue weighted by atomic mass is 10.1. The van der Waals surface area contributed by atoms with Crippen LogP contribution in [0, 0.1) is 0 Å². The van der Waals surface area contributed by atoms with Crippen LogP contribution in [0.5, 0.6) is 0 Å². The zero-order valence-corrected chi connectivity index (χ0v) is 25.5. The zero-order valence-electron chi connectivity index (χ0n) is 24.6. The Balaban J connectivity index is 2.62. The predicted molar refractivity (Wildman–Crippen MR) is 156 cm³/mol. The number of nitrogens with one attached hydrogen (secondary N) is 4. The second kappa shape index (κ2) is 22.7. The molecule has 1 rings (SSSR count). The van der Waals surface area contributed by atoms with Gasteiger partial charge in [0.05, 0.1) is 44.9 Å². The van der Waals surface area contributed by atoms with Crippen molar-refractivity contribution in [1.29, 1.82) is 0 Å². The lowest BCUT2D eigenvalue weighted by Gasteiger charge is -2.20. The number of rotatable bonds is 24. The summed E-state index contributed by atoms with van der Waals surface area (Å²) in [6, 6.07) is -1.78. The summed E-state index contributed by atoms with van der Waals surface area (Å²) in [5.41, 5.74) is 5.54. The maximum atomic E-state index is 12.9. The minimum Gasteiger partial charge on any atom is -0.394 e. The van der Waals surface area contributed by atoms with E-state index in [9.17, 15) is 28.8 Å². The summed E-state index contributed by atoms with van der Waals surface area (Å²) in [6.07, 6.45) is 1.30. The summed E-state index contributed by atoms with van der Waals surface area (Å²) < 4.78 is 10.2. The van der Waals surface area contributed by atoms with E-state index in [1.807, 2.05) is 0 Å². The van der Waals surface area contributed by atoms with Crippen molar-refractivity contribution in [2.45, 2.75) is 56.4 Å². The Morgan fingerprint density at radius 1 is 0.953 bits per heavy atom. The monoisotopic (exact) mass is 634 g/mol. The molecule has 3 unspecified atom stereocenters. The molecule has 0 bridgehead atoms. The van der Waals surface area contributed by atoms with E-state index in [2.05, 4.69) is 21.3 Å². The number of hydrogen-bond donors (Lipinski definition) is 7. The van der Waals surface area contributed by atoms with Gasteiger partial charge in [0.15, 0.2) is 0 Å². The van der Waals surface area contributed by atoms with Crippen LogP contribution in [0.25, 0.3) is 0 Å². The number of amides is 6. The van der Waals surface area contributed by atoms with Crippen LogP contribution >= 0.6 is 11.8 Å². The highest BCUT2D eigenvalue weighted by atomic mass is 32.2. The third-order valence-electron chi connectivity index (χ3n) is 6.08. The van der Waals surface area contributed by atoms with Crippen LogP contribution in [0.15, 0.2) is 0 Å². The predicted octanol–water partition coefficient (Wildman–Crippen LogP) is -3.39. The van der Waals surface area contributed by atoms with Gasteiger partial charge in [-0.25, -0.2) is 0 Å². The maximum Gasteiger partial charge on any atom is 0.243 e. The topological polar surface area (TPSA) is 239 Å². The van der Waals surface area contributed by atoms with Crippen molar-refractivity contribution in [3.63, 3.8) is 0 Å². The molecular formula is C26H46N6O10S. The van der Waals surface area contributed by atoms with Crippen LogP contribution < -0.4 is 27.0 Å². The highest BCUT2D eigenvalue weighted by Crippen LogP contribution is 2.26. The molecule has 1 aliphatic rings. The van der Waals surface area contributed by atoms with Gasteiger partial charge in [0.1, 0.15) is 12.1 Å². The second-order valence-electron chi connectivity index (χ2n) is 9.57. The molecule has 0 aliphatic carbocycles. The van der Waals surface area contributed by atoms with Crippen LogP contribution in [-0.2, 0) is 38.2 Å². The molecule has 43 heavy (non-hydrogen) atoms.